The second kappa shape index (κ2) is 8.38. The van der Waals surface area contributed by atoms with Crippen molar-refractivity contribution in [1.29, 1.82) is 0 Å². The number of rotatable bonds is 8. The van der Waals surface area contributed by atoms with Gasteiger partial charge in [-0.3, -0.25) is 4.79 Å². The van der Waals surface area contributed by atoms with Crippen LogP contribution in [0.15, 0.2) is 30.3 Å². The Morgan fingerprint density at radius 1 is 1.23 bits per heavy atom. The quantitative estimate of drug-likeness (QED) is 0.706. The number of benzene rings is 1. The number of carbonyl (C=O) groups is 2. The lowest BCUT2D eigenvalue weighted by atomic mass is 10.2. The van der Waals surface area contributed by atoms with Crippen molar-refractivity contribution in [3.05, 3.63) is 35.9 Å². The predicted molar refractivity (Wildman–Crippen MR) is 83.8 cm³/mol. The monoisotopic (exact) mass is 327 g/mol. The number of carbonyl (C=O) groups excluding carboxylic acids is 2. The molecule has 0 saturated carbocycles. The van der Waals surface area contributed by atoms with Gasteiger partial charge in [0.25, 0.3) is 0 Å². The molecule has 0 saturated heterocycles. The van der Waals surface area contributed by atoms with Crippen LogP contribution in [0.25, 0.3) is 0 Å². The van der Waals surface area contributed by atoms with Gasteiger partial charge in [0.15, 0.2) is 0 Å². The third kappa shape index (κ3) is 7.63. The summed E-state index contributed by atoms with van der Waals surface area (Å²) < 4.78 is 22.1. The van der Waals surface area contributed by atoms with Crippen molar-refractivity contribution >= 4 is 21.8 Å². The first-order valence-corrected chi connectivity index (χ1v) is 8.87. The van der Waals surface area contributed by atoms with Crippen LogP contribution in [0.2, 0.25) is 0 Å². The Bertz CT molecular complexity index is 602. The van der Waals surface area contributed by atoms with Crippen LogP contribution in [0.4, 0.5) is 4.79 Å². The molecule has 1 rings (SSSR count). The molecule has 0 aliphatic heterocycles. The van der Waals surface area contributed by atoms with E-state index in [1.165, 1.54) is 4.90 Å². The summed E-state index contributed by atoms with van der Waals surface area (Å²) in [5, 5.41) is 2.54. The number of hydrogen-bond donors (Lipinski definition) is 2. The zero-order valence-corrected chi connectivity index (χ0v) is 13.3. The van der Waals surface area contributed by atoms with Crippen molar-refractivity contribution in [2.75, 3.05) is 25.1 Å². The maximum Gasteiger partial charge on any atom is 0.317 e. The molecule has 0 atom stereocenters. The van der Waals surface area contributed by atoms with Crippen LogP contribution in [-0.2, 0) is 21.2 Å². The molecule has 22 heavy (non-hydrogen) atoms. The summed E-state index contributed by atoms with van der Waals surface area (Å²) in [6.45, 7) is 0.521. The molecule has 0 spiro atoms. The number of primary amides is 1. The number of sulfone groups is 1. The fourth-order valence-electron chi connectivity index (χ4n) is 1.76. The van der Waals surface area contributed by atoms with Gasteiger partial charge in [0.2, 0.25) is 5.91 Å². The standard InChI is InChI=1S/C14H21N3O4S/c1-22(20,21)10-8-16-14(19)17(9-7-13(15)18)11-12-5-3-2-4-6-12/h2-6H,7-11H2,1H3,(H2,15,18)(H,16,19). The SMILES string of the molecule is CS(=O)(=O)CCNC(=O)N(CCC(N)=O)Cc1ccccc1. The summed E-state index contributed by atoms with van der Waals surface area (Å²) in [6, 6.07) is 8.87. The van der Waals surface area contributed by atoms with Crippen LogP contribution in [0.1, 0.15) is 12.0 Å². The third-order valence-electron chi connectivity index (χ3n) is 2.88. The highest BCUT2D eigenvalue weighted by molar-refractivity contribution is 7.90. The molecule has 3 N–H and O–H groups in total. The van der Waals surface area contributed by atoms with Crippen LogP contribution < -0.4 is 11.1 Å². The van der Waals surface area contributed by atoms with E-state index in [9.17, 15) is 18.0 Å². The molecule has 8 heteroatoms. The minimum atomic E-state index is -3.14. The van der Waals surface area contributed by atoms with Crippen molar-refractivity contribution in [2.24, 2.45) is 5.73 Å². The van der Waals surface area contributed by atoms with Crippen molar-refractivity contribution in [2.45, 2.75) is 13.0 Å². The fourth-order valence-corrected chi connectivity index (χ4v) is 2.23. The van der Waals surface area contributed by atoms with E-state index in [0.717, 1.165) is 11.8 Å². The minimum Gasteiger partial charge on any atom is -0.370 e. The average molecular weight is 327 g/mol. The molecule has 0 aliphatic rings. The van der Waals surface area contributed by atoms with Gasteiger partial charge in [0.05, 0.1) is 5.75 Å². The van der Waals surface area contributed by atoms with Crippen molar-refractivity contribution < 1.29 is 18.0 Å². The van der Waals surface area contributed by atoms with Crippen LogP contribution in [-0.4, -0.2) is 50.4 Å². The highest BCUT2D eigenvalue weighted by Gasteiger charge is 2.15. The van der Waals surface area contributed by atoms with Gasteiger partial charge in [-0.1, -0.05) is 30.3 Å². The van der Waals surface area contributed by atoms with E-state index in [0.29, 0.717) is 6.54 Å². The summed E-state index contributed by atoms with van der Waals surface area (Å²) >= 11 is 0. The summed E-state index contributed by atoms with van der Waals surface area (Å²) in [7, 11) is -3.14. The van der Waals surface area contributed by atoms with Crippen LogP contribution in [0, 0.1) is 0 Å². The van der Waals surface area contributed by atoms with Gasteiger partial charge >= 0.3 is 6.03 Å². The molecule has 0 radical (unpaired) electrons. The summed E-state index contributed by atoms with van der Waals surface area (Å²) in [5.41, 5.74) is 6.02. The van der Waals surface area contributed by atoms with Gasteiger partial charge in [-0.15, -0.1) is 0 Å². The lowest BCUT2D eigenvalue weighted by Gasteiger charge is -2.22. The maximum absolute atomic E-state index is 12.1. The van der Waals surface area contributed by atoms with Crippen LogP contribution >= 0.6 is 0 Å². The Balaban J connectivity index is 2.63. The largest absolute Gasteiger partial charge is 0.370 e. The van der Waals surface area contributed by atoms with Gasteiger partial charge in [-0.25, -0.2) is 13.2 Å². The van der Waals surface area contributed by atoms with Crippen molar-refractivity contribution in [3.8, 4) is 0 Å². The van der Waals surface area contributed by atoms with E-state index in [2.05, 4.69) is 5.32 Å². The molecule has 0 heterocycles. The van der Waals surface area contributed by atoms with E-state index >= 15 is 0 Å². The normalized spacial score (nSPS) is 11.0. The first kappa shape index (κ1) is 18.0. The second-order valence-corrected chi connectivity index (χ2v) is 7.25. The summed E-state index contributed by atoms with van der Waals surface area (Å²) in [4.78, 5) is 24.5. The summed E-state index contributed by atoms with van der Waals surface area (Å²) in [5.74, 6) is -0.629. The zero-order chi connectivity index (χ0) is 16.6. The Morgan fingerprint density at radius 2 is 1.86 bits per heavy atom. The van der Waals surface area contributed by atoms with E-state index in [1.807, 2.05) is 30.3 Å². The Labute approximate surface area is 130 Å². The fraction of sp³-hybridized carbons (Fsp3) is 0.429. The molecule has 0 fully saturated rings. The van der Waals surface area contributed by atoms with Gasteiger partial charge in [0, 0.05) is 32.3 Å². The van der Waals surface area contributed by atoms with E-state index in [1.54, 1.807) is 0 Å². The predicted octanol–water partition coefficient (Wildman–Crippen LogP) is 0.118. The van der Waals surface area contributed by atoms with Crippen LogP contribution in [0.3, 0.4) is 0 Å². The van der Waals surface area contributed by atoms with Gasteiger partial charge in [0.1, 0.15) is 9.84 Å². The number of nitrogens with two attached hydrogens (primary N) is 1. The van der Waals surface area contributed by atoms with E-state index in [4.69, 9.17) is 5.73 Å². The van der Waals surface area contributed by atoms with E-state index < -0.39 is 21.8 Å². The highest BCUT2D eigenvalue weighted by Crippen LogP contribution is 2.05. The van der Waals surface area contributed by atoms with Crippen LogP contribution in [0.5, 0.6) is 0 Å². The van der Waals surface area contributed by atoms with Gasteiger partial charge < -0.3 is 16.0 Å². The van der Waals surface area contributed by atoms with Crippen molar-refractivity contribution in [3.63, 3.8) is 0 Å². The van der Waals surface area contributed by atoms with Gasteiger partial charge in [-0.2, -0.15) is 0 Å². The van der Waals surface area contributed by atoms with E-state index in [-0.39, 0.29) is 25.3 Å². The Kier molecular flexibility index (Phi) is 6.84. The minimum absolute atomic E-state index is 0.0273. The maximum atomic E-state index is 12.1. The zero-order valence-electron chi connectivity index (χ0n) is 12.5. The molecule has 7 nitrogen and oxygen atoms in total. The molecule has 1 aromatic rings. The number of nitrogens with one attached hydrogen (secondary N) is 1. The molecule has 3 amide bonds. The second-order valence-electron chi connectivity index (χ2n) is 4.99. The first-order chi connectivity index (χ1) is 10.3. The Hall–Kier alpha value is -2.09. The molecular weight excluding hydrogens is 306 g/mol. The molecule has 0 aromatic heterocycles. The molecule has 0 aliphatic carbocycles. The third-order valence-corrected chi connectivity index (χ3v) is 3.83. The number of urea groups is 1. The Morgan fingerprint density at radius 3 is 2.41 bits per heavy atom. The first-order valence-electron chi connectivity index (χ1n) is 6.80. The lowest BCUT2D eigenvalue weighted by molar-refractivity contribution is -0.118. The molecular formula is C14H21N3O4S. The highest BCUT2D eigenvalue weighted by atomic mass is 32.2. The molecule has 122 valence electrons. The summed E-state index contributed by atoms with van der Waals surface area (Å²) in [6.07, 6.45) is 1.15. The molecule has 0 unspecified atom stereocenters. The molecule has 0 bridgehead atoms. The number of amides is 3. The average Bonchev–Trinajstić information content (AvgIpc) is 2.42. The smallest absolute Gasteiger partial charge is 0.317 e. The number of nitrogens with zero attached hydrogens (tertiary/aromatic N) is 1. The number of hydrogen-bond acceptors (Lipinski definition) is 4. The topological polar surface area (TPSA) is 110 Å². The lowest BCUT2D eigenvalue weighted by Crippen LogP contribution is -2.42. The molecule has 1 aromatic carbocycles. The van der Waals surface area contributed by atoms with Crippen molar-refractivity contribution in [1.82, 2.24) is 10.2 Å². The van der Waals surface area contributed by atoms with Gasteiger partial charge in [-0.05, 0) is 5.56 Å².